The molecule has 100 valence electrons. The van der Waals surface area contributed by atoms with Gasteiger partial charge in [-0.15, -0.1) is 0 Å². The van der Waals surface area contributed by atoms with Crippen LogP contribution in [0.1, 0.15) is 24.1 Å². The number of halogens is 1. The van der Waals surface area contributed by atoms with Gasteiger partial charge in [-0.25, -0.2) is 0 Å². The van der Waals surface area contributed by atoms with E-state index in [1.165, 1.54) is 11.1 Å². The Morgan fingerprint density at radius 1 is 1.16 bits per heavy atom. The first-order chi connectivity index (χ1) is 9.08. The van der Waals surface area contributed by atoms with E-state index in [1.807, 2.05) is 24.3 Å². The lowest BCUT2D eigenvalue weighted by Crippen LogP contribution is -2.22. The summed E-state index contributed by atoms with van der Waals surface area (Å²) >= 11 is 3.60. The van der Waals surface area contributed by atoms with E-state index in [2.05, 4.69) is 59.1 Å². The largest absolute Gasteiger partial charge is 0.399 e. The number of benzene rings is 2. The molecule has 0 aliphatic heterocycles. The highest BCUT2D eigenvalue weighted by molar-refractivity contribution is 9.10. The Morgan fingerprint density at radius 2 is 1.89 bits per heavy atom. The molecule has 1 unspecified atom stereocenters. The quantitative estimate of drug-likeness (QED) is 0.855. The molecule has 0 saturated carbocycles. The number of nitrogens with zero attached hydrogens (tertiary/aromatic N) is 1. The van der Waals surface area contributed by atoms with E-state index < -0.39 is 0 Å². The van der Waals surface area contributed by atoms with Gasteiger partial charge in [0.25, 0.3) is 0 Å². The minimum absolute atomic E-state index is 0.329. The fraction of sp³-hybridized carbons (Fsp3) is 0.250. The smallest absolute Gasteiger partial charge is 0.0321 e. The molecule has 2 N–H and O–H groups in total. The molecular weight excluding hydrogens is 300 g/mol. The van der Waals surface area contributed by atoms with Crippen LogP contribution in [0.3, 0.4) is 0 Å². The van der Waals surface area contributed by atoms with Gasteiger partial charge < -0.3 is 5.73 Å². The molecule has 2 rings (SSSR count). The van der Waals surface area contributed by atoms with Crippen molar-refractivity contribution in [3.8, 4) is 0 Å². The van der Waals surface area contributed by atoms with Crippen LogP contribution in [0.15, 0.2) is 53.0 Å². The van der Waals surface area contributed by atoms with E-state index in [-0.39, 0.29) is 0 Å². The predicted octanol–water partition coefficient (Wildman–Crippen LogP) is 4.22. The molecule has 19 heavy (non-hydrogen) atoms. The Bertz CT molecular complexity index is 554. The lowest BCUT2D eigenvalue weighted by molar-refractivity contribution is 0.252. The molecule has 1 atom stereocenters. The SMILES string of the molecule is CC(c1cccc(N)c1)N(C)Cc1ccccc1Br. The van der Waals surface area contributed by atoms with E-state index in [0.29, 0.717) is 6.04 Å². The van der Waals surface area contributed by atoms with Crippen molar-refractivity contribution in [3.63, 3.8) is 0 Å². The summed E-state index contributed by atoms with van der Waals surface area (Å²) in [5, 5.41) is 0. The van der Waals surface area contributed by atoms with Gasteiger partial charge in [0.15, 0.2) is 0 Å². The van der Waals surface area contributed by atoms with Crippen LogP contribution >= 0.6 is 15.9 Å². The Balaban J connectivity index is 2.12. The fourth-order valence-electron chi connectivity index (χ4n) is 2.11. The maximum atomic E-state index is 5.85. The molecule has 2 aromatic carbocycles. The predicted molar refractivity (Wildman–Crippen MR) is 84.9 cm³/mol. The molecule has 2 aromatic rings. The summed E-state index contributed by atoms with van der Waals surface area (Å²) in [6.07, 6.45) is 0. The third-order valence-electron chi connectivity index (χ3n) is 3.43. The first-order valence-electron chi connectivity index (χ1n) is 6.37. The lowest BCUT2D eigenvalue weighted by atomic mass is 10.1. The van der Waals surface area contributed by atoms with Crippen LogP contribution in [0.2, 0.25) is 0 Å². The van der Waals surface area contributed by atoms with Crippen LogP contribution in [0.5, 0.6) is 0 Å². The minimum Gasteiger partial charge on any atom is -0.399 e. The van der Waals surface area contributed by atoms with Crippen LogP contribution in [0.4, 0.5) is 5.69 Å². The van der Waals surface area contributed by atoms with Crippen LogP contribution < -0.4 is 5.73 Å². The average Bonchev–Trinajstić information content (AvgIpc) is 2.40. The molecule has 0 bridgehead atoms. The summed E-state index contributed by atoms with van der Waals surface area (Å²) < 4.78 is 1.15. The van der Waals surface area contributed by atoms with Gasteiger partial charge in [0.2, 0.25) is 0 Å². The molecule has 0 radical (unpaired) electrons. The summed E-state index contributed by atoms with van der Waals surface area (Å²) in [6.45, 7) is 3.10. The number of rotatable bonds is 4. The van der Waals surface area contributed by atoms with Crippen molar-refractivity contribution >= 4 is 21.6 Å². The first-order valence-corrected chi connectivity index (χ1v) is 7.16. The second-order valence-corrected chi connectivity index (χ2v) is 5.71. The van der Waals surface area contributed by atoms with Crippen LogP contribution in [-0.4, -0.2) is 11.9 Å². The van der Waals surface area contributed by atoms with E-state index in [1.54, 1.807) is 0 Å². The highest BCUT2D eigenvalue weighted by atomic mass is 79.9. The number of hydrogen-bond acceptors (Lipinski definition) is 2. The second kappa shape index (κ2) is 6.22. The van der Waals surface area contributed by atoms with Crippen LogP contribution in [0, 0.1) is 0 Å². The van der Waals surface area contributed by atoms with Crippen molar-refractivity contribution in [2.45, 2.75) is 19.5 Å². The number of nitrogen functional groups attached to an aromatic ring is 1. The summed E-state index contributed by atoms with van der Waals surface area (Å²) in [4.78, 5) is 2.31. The topological polar surface area (TPSA) is 29.3 Å². The molecule has 0 fully saturated rings. The van der Waals surface area contributed by atoms with Crippen molar-refractivity contribution in [2.24, 2.45) is 0 Å². The third-order valence-corrected chi connectivity index (χ3v) is 4.21. The zero-order chi connectivity index (χ0) is 13.8. The van der Waals surface area contributed by atoms with E-state index in [4.69, 9.17) is 5.73 Å². The van der Waals surface area contributed by atoms with Crippen LogP contribution in [-0.2, 0) is 6.54 Å². The number of anilines is 1. The molecule has 0 saturated heterocycles. The Kier molecular flexibility index (Phi) is 4.61. The van der Waals surface area contributed by atoms with Crippen molar-refractivity contribution in [2.75, 3.05) is 12.8 Å². The highest BCUT2D eigenvalue weighted by Crippen LogP contribution is 2.24. The van der Waals surface area contributed by atoms with Crippen molar-refractivity contribution in [1.82, 2.24) is 4.90 Å². The average molecular weight is 319 g/mol. The van der Waals surface area contributed by atoms with Crippen molar-refractivity contribution in [3.05, 3.63) is 64.1 Å². The van der Waals surface area contributed by atoms with Gasteiger partial charge in [-0.2, -0.15) is 0 Å². The standard InChI is InChI=1S/C16H19BrN2/c1-12(13-7-5-8-15(18)10-13)19(2)11-14-6-3-4-9-16(14)17/h3-10,12H,11,18H2,1-2H3. The zero-order valence-electron chi connectivity index (χ0n) is 11.3. The lowest BCUT2D eigenvalue weighted by Gasteiger charge is -2.25. The van der Waals surface area contributed by atoms with Gasteiger partial charge in [-0.1, -0.05) is 46.3 Å². The number of nitrogens with two attached hydrogens (primary N) is 1. The maximum absolute atomic E-state index is 5.85. The molecule has 2 nitrogen and oxygen atoms in total. The monoisotopic (exact) mass is 318 g/mol. The second-order valence-electron chi connectivity index (χ2n) is 4.85. The minimum atomic E-state index is 0.329. The normalized spacial score (nSPS) is 12.6. The Hall–Kier alpha value is -1.32. The van der Waals surface area contributed by atoms with Gasteiger partial charge in [0.1, 0.15) is 0 Å². The van der Waals surface area contributed by atoms with Gasteiger partial charge in [0.05, 0.1) is 0 Å². The molecule has 3 heteroatoms. The van der Waals surface area contributed by atoms with Crippen molar-refractivity contribution < 1.29 is 0 Å². The van der Waals surface area contributed by atoms with E-state index >= 15 is 0 Å². The molecule has 0 aliphatic rings. The first kappa shape index (κ1) is 14.1. The molecule has 0 aliphatic carbocycles. The third kappa shape index (κ3) is 3.58. The summed E-state index contributed by atoms with van der Waals surface area (Å²) in [5.74, 6) is 0. The van der Waals surface area contributed by atoms with E-state index in [9.17, 15) is 0 Å². The summed E-state index contributed by atoms with van der Waals surface area (Å²) in [6, 6.07) is 16.8. The molecular formula is C16H19BrN2. The Morgan fingerprint density at radius 3 is 2.58 bits per heavy atom. The molecule has 0 aromatic heterocycles. The summed E-state index contributed by atoms with van der Waals surface area (Å²) in [5.41, 5.74) is 9.20. The Labute approximate surface area is 123 Å². The van der Waals surface area contributed by atoms with Gasteiger partial charge >= 0.3 is 0 Å². The van der Waals surface area contributed by atoms with Gasteiger partial charge in [-0.3, -0.25) is 4.90 Å². The highest BCUT2D eigenvalue weighted by Gasteiger charge is 2.13. The van der Waals surface area contributed by atoms with Crippen LogP contribution in [0.25, 0.3) is 0 Å². The molecule has 0 spiro atoms. The maximum Gasteiger partial charge on any atom is 0.0321 e. The zero-order valence-corrected chi connectivity index (χ0v) is 12.9. The van der Waals surface area contributed by atoms with Gasteiger partial charge in [0, 0.05) is 22.7 Å². The fourth-order valence-corrected chi connectivity index (χ4v) is 2.52. The molecule has 0 heterocycles. The van der Waals surface area contributed by atoms with Crippen molar-refractivity contribution in [1.29, 1.82) is 0 Å². The number of hydrogen-bond donors (Lipinski definition) is 1. The summed E-state index contributed by atoms with van der Waals surface area (Å²) in [7, 11) is 2.13. The van der Waals surface area contributed by atoms with E-state index in [0.717, 1.165) is 16.7 Å². The molecule has 0 amide bonds. The van der Waals surface area contributed by atoms with Gasteiger partial charge in [-0.05, 0) is 43.3 Å².